The molecule has 0 fully saturated rings. The minimum atomic E-state index is -0.589. The predicted molar refractivity (Wildman–Crippen MR) is 118 cm³/mol. The van der Waals surface area contributed by atoms with Crippen LogP contribution in [0.15, 0.2) is 76.3 Å². The van der Waals surface area contributed by atoms with Crippen LogP contribution in [-0.2, 0) is 0 Å². The van der Waals surface area contributed by atoms with Crippen LogP contribution in [0.25, 0.3) is 0 Å². The fourth-order valence-corrected chi connectivity index (χ4v) is 4.35. The number of nitro benzene ring substituents is 1. The van der Waals surface area contributed by atoms with Crippen molar-refractivity contribution in [2.75, 3.05) is 0 Å². The number of nitro groups is 1. The van der Waals surface area contributed by atoms with Crippen molar-refractivity contribution in [1.82, 2.24) is 5.01 Å². The van der Waals surface area contributed by atoms with E-state index in [1.54, 1.807) is 6.07 Å². The molecule has 5 rings (SSSR count). The van der Waals surface area contributed by atoms with Gasteiger partial charge in [-0.25, -0.2) is 5.01 Å². The van der Waals surface area contributed by atoms with Crippen LogP contribution in [0, 0.1) is 10.1 Å². The second-order valence-corrected chi connectivity index (χ2v) is 8.45. The van der Waals surface area contributed by atoms with Gasteiger partial charge in [0.2, 0.25) is 6.23 Å². The van der Waals surface area contributed by atoms with E-state index in [0.717, 1.165) is 27.1 Å². The van der Waals surface area contributed by atoms with Crippen molar-refractivity contribution >= 4 is 38.9 Å². The molecule has 6 nitrogen and oxygen atoms in total. The first-order valence-electron chi connectivity index (χ1n) is 9.32. The normalized spacial score (nSPS) is 19.5. The van der Waals surface area contributed by atoms with Crippen LogP contribution >= 0.6 is 27.5 Å². The average Bonchev–Trinajstić information content (AvgIpc) is 3.19. The first kappa shape index (κ1) is 19.1. The van der Waals surface area contributed by atoms with Crippen molar-refractivity contribution in [2.24, 2.45) is 5.10 Å². The van der Waals surface area contributed by atoms with Crippen LogP contribution in [0.4, 0.5) is 5.69 Å². The quantitative estimate of drug-likeness (QED) is 0.325. The number of halogens is 2. The van der Waals surface area contributed by atoms with Crippen LogP contribution in [0.5, 0.6) is 5.75 Å². The molecular weight excluding hydrogens is 470 g/mol. The molecule has 3 aromatic rings. The zero-order valence-electron chi connectivity index (χ0n) is 15.5. The molecule has 2 aliphatic rings. The second kappa shape index (κ2) is 7.41. The Morgan fingerprint density at radius 2 is 1.90 bits per heavy atom. The molecule has 2 atom stereocenters. The number of hydrogen-bond acceptors (Lipinski definition) is 5. The second-order valence-electron chi connectivity index (χ2n) is 7.13. The van der Waals surface area contributed by atoms with Gasteiger partial charge in [-0.05, 0) is 29.8 Å². The van der Waals surface area contributed by atoms with Gasteiger partial charge >= 0.3 is 0 Å². The van der Waals surface area contributed by atoms with E-state index in [-0.39, 0.29) is 16.8 Å². The van der Waals surface area contributed by atoms with E-state index in [9.17, 15) is 10.1 Å². The summed E-state index contributed by atoms with van der Waals surface area (Å²) in [4.78, 5) is 10.9. The Bertz CT molecular complexity index is 1180. The average molecular weight is 485 g/mol. The van der Waals surface area contributed by atoms with E-state index in [0.29, 0.717) is 12.0 Å². The van der Waals surface area contributed by atoms with Crippen molar-refractivity contribution in [1.29, 1.82) is 0 Å². The van der Waals surface area contributed by atoms with Crippen molar-refractivity contribution in [3.8, 4) is 5.75 Å². The van der Waals surface area contributed by atoms with Crippen LogP contribution < -0.4 is 4.74 Å². The highest BCUT2D eigenvalue weighted by Crippen LogP contribution is 2.48. The highest BCUT2D eigenvalue weighted by Gasteiger charge is 2.41. The third-order valence-electron chi connectivity index (χ3n) is 5.33. The lowest BCUT2D eigenvalue weighted by atomic mass is 9.96. The molecule has 0 bridgehead atoms. The molecule has 0 aromatic heterocycles. The molecule has 2 aliphatic heterocycles. The van der Waals surface area contributed by atoms with Gasteiger partial charge in [-0.3, -0.25) is 10.1 Å². The summed E-state index contributed by atoms with van der Waals surface area (Å²) in [7, 11) is 0. The molecule has 150 valence electrons. The first-order valence-corrected chi connectivity index (χ1v) is 10.5. The summed E-state index contributed by atoms with van der Waals surface area (Å²) in [6.45, 7) is 0. The van der Waals surface area contributed by atoms with E-state index in [4.69, 9.17) is 21.4 Å². The maximum atomic E-state index is 11.4. The van der Waals surface area contributed by atoms with Gasteiger partial charge in [-0.2, -0.15) is 5.10 Å². The summed E-state index contributed by atoms with van der Waals surface area (Å²) in [6.07, 6.45) is 0.127. The number of hydrazone groups is 1. The van der Waals surface area contributed by atoms with Gasteiger partial charge in [0.25, 0.3) is 5.69 Å². The van der Waals surface area contributed by atoms with Gasteiger partial charge in [0, 0.05) is 28.1 Å². The molecule has 0 radical (unpaired) electrons. The standard InChI is InChI=1S/C22H15BrClN3O3/c23-15-8-5-13(6-9-15)18-12-19-16-3-1-2-4-21(16)30-22(26(19)25-18)14-7-10-17(24)20(11-14)27(28)29/h1-11,19,22H,12H2/t19-,22+/m0/s1. The van der Waals surface area contributed by atoms with E-state index >= 15 is 0 Å². The van der Waals surface area contributed by atoms with Crippen LogP contribution in [0.2, 0.25) is 5.02 Å². The first-order chi connectivity index (χ1) is 14.5. The molecular formula is C22H15BrClN3O3. The minimum absolute atomic E-state index is 0.0201. The molecule has 0 spiro atoms. The lowest BCUT2D eigenvalue weighted by Crippen LogP contribution is -2.33. The highest BCUT2D eigenvalue weighted by molar-refractivity contribution is 9.10. The molecule has 30 heavy (non-hydrogen) atoms. The Morgan fingerprint density at radius 1 is 1.13 bits per heavy atom. The lowest BCUT2D eigenvalue weighted by molar-refractivity contribution is -0.384. The lowest BCUT2D eigenvalue weighted by Gasteiger charge is -2.38. The fraction of sp³-hybridized carbons (Fsp3) is 0.136. The third-order valence-corrected chi connectivity index (χ3v) is 6.18. The van der Waals surface area contributed by atoms with Gasteiger partial charge < -0.3 is 4.74 Å². The maximum absolute atomic E-state index is 11.4. The van der Waals surface area contributed by atoms with Crippen molar-refractivity contribution in [3.05, 3.63) is 103 Å². The molecule has 0 saturated carbocycles. The molecule has 8 heteroatoms. The Labute approximate surface area is 186 Å². The van der Waals surface area contributed by atoms with Gasteiger partial charge in [0.05, 0.1) is 16.7 Å². The fourth-order valence-electron chi connectivity index (χ4n) is 3.89. The van der Waals surface area contributed by atoms with Crippen LogP contribution in [0.3, 0.4) is 0 Å². The molecule has 0 unspecified atom stereocenters. The molecule has 0 amide bonds. The van der Waals surface area contributed by atoms with E-state index in [1.807, 2.05) is 53.5 Å². The van der Waals surface area contributed by atoms with Crippen molar-refractivity contribution < 1.29 is 9.66 Å². The number of fused-ring (bicyclic) bond motifs is 3. The topological polar surface area (TPSA) is 68.0 Å². The van der Waals surface area contributed by atoms with Gasteiger partial charge in [-0.15, -0.1) is 0 Å². The van der Waals surface area contributed by atoms with Crippen LogP contribution in [-0.4, -0.2) is 15.6 Å². The number of ether oxygens (including phenoxy) is 1. The minimum Gasteiger partial charge on any atom is -0.464 e. The summed E-state index contributed by atoms with van der Waals surface area (Å²) in [5, 5.41) is 18.2. The molecule has 0 saturated heterocycles. The number of nitrogens with zero attached hydrogens (tertiary/aromatic N) is 3. The third kappa shape index (κ3) is 3.24. The number of para-hydroxylation sites is 1. The Morgan fingerprint density at radius 3 is 2.67 bits per heavy atom. The highest BCUT2D eigenvalue weighted by atomic mass is 79.9. The molecule has 0 N–H and O–H groups in total. The SMILES string of the molecule is O=[N+]([O-])c1cc([C@H]2Oc3ccccc3[C@@H]3CC(c4ccc(Br)cc4)=NN23)ccc1Cl. The summed E-state index contributed by atoms with van der Waals surface area (Å²) < 4.78 is 7.26. The van der Waals surface area contributed by atoms with Gasteiger partial charge in [0.1, 0.15) is 10.8 Å². The van der Waals surface area contributed by atoms with Gasteiger partial charge in [-0.1, -0.05) is 63.9 Å². The van der Waals surface area contributed by atoms with Crippen molar-refractivity contribution in [2.45, 2.75) is 18.7 Å². The maximum Gasteiger partial charge on any atom is 0.288 e. The largest absolute Gasteiger partial charge is 0.464 e. The summed E-state index contributed by atoms with van der Waals surface area (Å²) in [6, 6.07) is 20.6. The number of hydrogen-bond donors (Lipinski definition) is 0. The van der Waals surface area contributed by atoms with Crippen molar-refractivity contribution in [3.63, 3.8) is 0 Å². The van der Waals surface area contributed by atoms with Crippen LogP contribution in [0.1, 0.15) is 35.4 Å². The predicted octanol–water partition coefficient (Wildman–Crippen LogP) is 6.25. The Hall–Kier alpha value is -2.90. The molecule has 2 heterocycles. The summed E-state index contributed by atoms with van der Waals surface area (Å²) in [5.74, 6) is 0.758. The zero-order valence-corrected chi connectivity index (χ0v) is 17.9. The number of benzene rings is 3. The Balaban J connectivity index is 1.60. The van der Waals surface area contributed by atoms with E-state index in [1.165, 1.54) is 12.1 Å². The number of rotatable bonds is 3. The zero-order chi connectivity index (χ0) is 20.8. The molecule has 0 aliphatic carbocycles. The summed E-state index contributed by atoms with van der Waals surface area (Å²) in [5.41, 5.74) is 3.51. The smallest absolute Gasteiger partial charge is 0.288 e. The van der Waals surface area contributed by atoms with Gasteiger partial charge in [0.15, 0.2) is 0 Å². The van der Waals surface area contributed by atoms with E-state index < -0.39 is 11.2 Å². The summed E-state index contributed by atoms with van der Waals surface area (Å²) >= 11 is 9.48. The Kier molecular flexibility index (Phi) is 4.72. The van der Waals surface area contributed by atoms with E-state index in [2.05, 4.69) is 15.9 Å². The monoisotopic (exact) mass is 483 g/mol. The molecule has 3 aromatic carbocycles.